The number of hydrogen-bond donors (Lipinski definition) is 0. The highest BCUT2D eigenvalue weighted by Crippen LogP contribution is 2.47. The first-order valence-electron chi connectivity index (χ1n) is 14.7. The Morgan fingerprint density at radius 3 is 1.50 bits per heavy atom. The van der Waals surface area contributed by atoms with Gasteiger partial charge in [0.05, 0.1) is 20.4 Å². The smallest absolute Gasteiger partial charge is 0.125 e. The van der Waals surface area contributed by atoms with Crippen LogP contribution in [0.1, 0.15) is 0 Å². The van der Waals surface area contributed by atoms with Crippen molar-refractivity contribution < 1.29 is 0 Å². The van der Waals surface area contributed by atoms with Gasteiger partial charge in [-0.3, -0.25) is 0 Å². The Bertz CT molecular complexity index is 2450. The zero-order valence-electron chi connectivity index (χ0n) is 23.6. The highest BCUT2D eigenvalue weighted by atomic mass is 32.1. The summed E-state index contributed by atoms with van der Waals surface area (Å²) in [4.78, 5) is 10.2. The van der Waals surface area contributed by atoms with Crippen molar-refractivity contribution in [2.45, 2.75) is 0 Å². The standard InChI is InChI=1S/C40H24N2S2/c1-2-12-26-24-33-27(23-25(26)11-1)21-22-30(28-13-3-5-15-31(28)39-41-34-17-7-9-19-36(34)43-39)38(33)29-14-4-6-16-32(29)40-42-35-18-8-10-20-37(35)44-40/h1-24H. The lowest BCUT2D eigenvalue weighted by molar-refractivity contribution is 1.47. The zero-order valence-corrected chi connectivity index (χ0v) is 25.2. The zero-order chi connectivity index (χ0) is 29.0. The van der Waals surface area contributed by atoms with Crippen LogP contribution >= 0.6 is 22.7 Å². The van der Waals surface area contributed by atoms with Crippen molar-refractivity contribution in [1.82, 2.24) is 9.97 Å². The summed E-state index contributed by atoms with van der Waals surface area (Å²) in [6, 6.07) is 52.1. The molecule has 0 atom stereocenters. The van der Waals surface area contributed by atoms with Crippen molar-refractivity contribution >= 4 is 64.7 Å². The van der Waals surface area contributed by atoms with Crippen molar-refractivity contribution in [2.75, 3.05) is 0 Å². The molecule has 0 unspecified atom stereocenters. The monoisotopic (exact) mass is 596 g/mol. The third kappa shape index (κ3) is 4.15. The van der Waals surface area contributed by atoms with E-state index in [2.05, 4.69) is 146 Å². The van der Waals surface area contributed by atoms with Crippen LogP contribution in [0.5, 0.6) is 0 Å². The molecule has 0 N–H and O–H groups in total. The average Bonchev–Trinajstić information content (AvgIpc) is 3.72. The van der Waals surface area contributed by atoms with Crippen LogP contribution in [0.2, 0.25) is 0 Å². The van der Waals surface area contributed by atoms with Crippen LogP contribution in [0.3, 0.4) is 0 Å². The van der Waals surface area contributed by atoms with Gasteiger partial charge in [0.1, 0.15) is 10.0 Å². The van der Waals surface area contributed by atoms with Gasteiger partial charge in [-0.2, -0.15) is 0 Å². The molecule has 206 valence electrons. The third-order valence-electron chi connectivity index (χ3n) is 8.35. The van der Waals surface area contributed by atoms with Gasteiger partial charge >= 0.3 is 0 Å². The van der Waals surface area contributed by atoms with Gasteiger partial charge in [0, 0.05) is 11.1 Å². The average molecular weight is 597 g/mol. The molecule has 44 heavy (non-hydrogen) atoms. The Hall–Kier alpha value is -5.16. The normalized spacial score (nSPS) is 11.6. The maximum absolute atomic E-state index is 5.10. The molecule has 0 aliphatic heterocycles. The van der Waals surface area contributed by atoms with Gasteiger partial charge in [-0.25, -0.2) is 9.97 Å². The third-order valence-corrected chi connectivity index (χ3v) is 10.5. The van der Waals surface area contributed by atoms with E-state index in [1.165, 1.54) is 53.2 Å². The van der Waals surface area contributed by atoms with Crippen molar-refractivity contribution in [3.8, 4) is 43.4 Å². The molecule has 0 aliphatic rings. The summed E-state index contributed by atoms with van der Waals surface area (Å²) in [7, 11) is 0. The second-order valence-electron chi connectivity index (χ2n) is 11.0. The van der Waals surface area contributed by atoms with E-state index in [0.29, 0.717) is 0 Å². The second-order valence-corrected chi connectivity index (χ2v) is 13.0. The molecule has 0 radical (unpaired) electrons. The maximum Gasteiger partial charge on any atom is 0.125 e. The van der Waals surface area contributed by atoms with E-state index in [4.69, 9.17) is 9.97 Å². The van der Waals surface area contributed by atoms with Crippen molar-refractivity contribution in [1.29, 1.82) is 0 Å². The fourth-order valence-electron chi connectivity index (χ4n) is 6.30. The fraction of sp³-hybridized carbons (Fsp3) is 0. The Kier molecular flexibility index (Phi) is 5.90. The molecule has 9 rings (SSSR count). The number of rotatable bonds is 4. The summed E-state index contributed by atoms with van der Waals surface area (Å²) in [5.74, 6) is 0. The van der Waals surface area contributed by atoms with E-state index in [1.807, 2.05) is 0 Å². The summed E-state index contributed by atoms with van der Waals surface area (Å²) < 4.78 is 2.39. The summed E-state index contributed by atoms with van der Waals surface area (Å²) in [6.07, 6.45) is 0. The number of hydrogen-bond acceptors (Lipinski definition) is 4. The number of fused-ring (bicyclic) bond motifs is 4. The largest absolute Gasteiger partial charge is 0.236 e. The predicted octanol–water partition coefficient (Wildman–Crippen LogP) is 11.9. The molecule has 0 aliphatic carbocycles. The minimum absolute atomic E-state index is 1.03. The summed E-state index contributed by atoms with van der Waals surface area (Å²) in [5.41, 5.74) is 9.13. The Morgan fingerprint density at radius 1 is 0.364 bits per heavy atom. The Balaban J connectivity index is 1.37. The maximum atomic E-state index is 5.10. The van der Waals surface area contributed by atoms with E-state index in [-0.39, 0.29) is 0 Å². The predicted molar refractivity (Wildman–Crippen MR) is 190 cm³/mol. The summed E-state index contributed by atoms with van der Waals surface area (Å²) in [6.45, 7) is 0. The lowest BCUT2D eigenvalue weighted by Crippen LogP contribution is -1.93. The topological polar surface area (TPSA) is 25.8 Å². The fourth-order valence-corrected chi connectivity index (χ4v) is 8.31. The molecule has 4 heteroatoms. The molecule has 2 nitrogen and oxygen atoms in total. The lowest BCUT2D eigenvalue weighted by Gasteiger charge is -2.19. The van der Waals surface area contributed by atoms with Crippen LogP contribution in [-0.4, -0.2) is 9.97 Å². The molecule has 0 saturated carbocycles. The highest BCUT2D eigenvalue weighted by Gasteiger charge is 2.21. The molecule has 0 fully saturated rings. The van der Waals surface area contributed by atoms with Crippen molar-refractivity contribution in [3.63, 3.8) is 0 Å². The molecule has 2 aromatic heterocycles. The van der Waals surface area contributed by atoms with Gasteiger partial charge in [-0.1, -0.05) is 109 Å². The van der Waals surface area contributed by atoms with Crippen LogP contribution in [0.15, 0.2) is 146 Å². The number of para-hydroxylation sites is 2. The molecule has 0 saturated heterocycles. The molecule has 7 aromatic carbocycles. The first-order chi connectivity index (χ1) is 21.8. The minimum atomic E-state index is 1.03. The highest BCUT2D eigenvalue weighted by molar-refractivity contribution is 7.22. The number of nitrogens with zero attached hydrogens (tertiary/aromatic N) is 2. The first kappa shape index (κ1) is 25.3. The summed E-state index contributed by atoms with van der Waals surface area (Å²) >= 11 is 3.50. The molecule has 9 aromatic rings. The van der Waals surface area contributed by atoms with Gasteiger partial charge in [-0.15, -0.1) is 22.7 Å². The minimum Gasteiger partial charge on any atom is -0.236 e. The van der Waals surface area contributed by atoms with Gasteiger partial charge < -0.3 is 0 Å². The molecule has 0 spiro atoms. The molecular weight excluding hydrogens is 573 g/mol. The van der Waals surface area contributed by atoms with Crippen LogP contribution < -0.4 is 0 Å². The van der Waals surface area contributed by atoms with Crippen LogP contribution in [0, 0.1) is 0 Å². The van der Waals surface area contributed by atoms with E-state index < -0.39 is 0 Å². The SMILES string of the molecule is c1ccc(-c2ccc3cc4ccccc4cc3c2-c2ccccc2-c2nc3ccccc3s2)c(-c2nc3ccccc3s2)c1. The molecule has 0 amide bonds. The second kappa shape index (κ2) is 10.2. The van der Waals surface area contributed by atoms with Crippen molar-refractivity contribution in [2.24, 2.45) is 0 Å². The molecular formula is C40H24N2S2. The number of thiazole rings is 2. The van der Waals surface area contributed by atoms with Crippen LogP contribution in [0.4, 0.5) is 0 Å². The summed E-state index contributed by atoms with van der Waals surface area (Å²) in [5, 5.41) is 6.99. The lowest BCUT2D eigenvalue weighted by atomic mass is 9.85. The van der Waals surface area contributed by atoms with E-state index in [9.17, 15) is 0 Å². The van der Waals surface area contributed by atoms with Gasteiger partial charge in [0.2, 0.25) is 0 Å². The number of aromatic nitrogens is 2. The number of benzene rings is 7. The van der Waals surface area contributed by atoms with Crippen LogP contribution in [0.25, 0.3) is 85.4 Å². The van der Waals surface area contributed by atoms with Gasteiger partial charge in [0.25, 0.3) is 0 Å². The van der Waals surface area contributed by atoms with Crippen LogP contribution in [-0.2, 0) is 0 Å². The quantitative estimate of drug-likeness (QED) is 0.189. The molecule has 2 heterocycles. The van der Waals surface area contributed by atoms with E-state index in [1.54, 1.807) is 22.7 Å². The van der Waals surface area contributed by atoms with Gasteiger partial charge in [-0.05, 0) is 80.2 Å². The Morgan fingerprint density at radius 2 is 0.864 bits per heavy atom. The van der Waals surface area contributed by atoms with E-state index >= 15 is 0 Å². The first-order valence-corrected chi connectivity index (χ1v) is 16.3. The Labute approximate surface area is 262 Å². The van der Waals surface area contributed by atoms with Gasteiger partial charge in [0.15, 0.2) is 0 Å². The molecule has 0 bridgehead atoms. The van der Waals surface area contributed by atoms with E-state index in [0.717, 1.165) is 32.2 Å². The van der Waals surface area contributed by atoms with Crippen molar-refractivity contribution in [3.05, 3.63) is 146 Å².